The highest BCUT2D eigenvalue weighted by atomic mass is 16.5. The van der Waals surface area contributed by atoms with Crippen molar-refractivity contribution in [2.45, 2.75) is 20.4 Å². The normalized spacial score (nSPS) is 11.1. The summed E-state index contributed by atoms with van der Waals surface area (Å²) < 4.78 is 6.61. The van der Waals surface area contributed by atoms with Crippen molar-refractivity contribution in [2.75, 3.05) is 12.4 Å². The molecule has 0 atom stereocenters. The van der Waals surface area contributed by atoms with Crippen molar-refractivity contribution in [1.29, 1.82) is 0 Å². The van der Waals surface area contributed by atoms with Gasteiger partial charge in [0, 0.05) is 6.54 Å². The topological polar surface area (TPSA) is 81.4 Å². The van der Waals surface area contributed by atoms with Gasteiger partial charge >= 0.3 is 5.97 Å². The second kappa shape index (κ2) is 6.68. The number of carbonyl (C=O) groups excluding carboxylic acids is 1. The minimum absolute atomic E-state index is 0.393. The summed E-state index contributed by atoms with van der Waals surface area (Å²) in [4.78, 5) is 16.5. The Morgan fingerprint density at radius 2 is 2.00 bits per heavy atom. The zero-order chi connectivity index (χ0) is 19.0. The Labute approximate surface area is 156 Å². The molecule has 4 aromatic rings. The quantitative estimate of drug-likeness (QED) is 0.562. The molecule has 0 saturated heterocycles. The third-order valence-electron chi connectivity index (χ3n) is 4.68. The van der Waals surface area contributed by atoms with E-state index < -0.39 is 5.97 Å². The number of hydrogen-bond acceptors (Lipinski definition) is 6. The maximum Gasteiger partial charge on any atom is 0.337 e. The average Bonchev–Trinajstić information content (AvgIpc) is 3.18. The number of aromatic nitrogens is 4. The molecule has 27 heavy (non-hydrogen) atoms. The fourth-order valence-corrected chi connectivity index (χ4v) is 3.02. The summed E-state index contributed by atoms with van der Waals surface area (Å²) in [5.74, 6) is 0.249. The van der Waals surface area contributed by atoms with Gasteiger partial charge in [0.1, 0.15) is 6.33 Å². The van der Waals surface area contributed by atoms with E-state index in [1.54, 1.807) is 24.5 Å². The predicted octanol–water partition coefficient (Wildman–Crippen LogP) is 3.29. The van der Waals surface area contributed by atoms with Gasteiger partial charge in [-0.1, -0.05) is 18.2 Å². The predicted molar refractivity (Wildman–Crippen MR) is 103 cm³/mol. The van der Waals surface area contributed by atoms with Crippen LogP contribution in [0.1, 0.15) is 27.0 Å². The van der Waals surface area contributed by atoms with Crippen molar-refractivity contribution in [1.82, 2.24) is 19.6 Å². The van der Waals surface area contributed by atoms with Gasteiger partial charge in [0.05, 0.1) is 23.7 Å². The lowest BCUT2D eigenvalue weighted by atomic mass is 10.1. The van der Waals surface area contributed by atoms with E-state index in [1.807, 2.05) is 4.40 Å². The molecule has 7 nitrogen and oxygen atoms in total. The van der Waals surface area contributed by atoms with Crippen LogP contribution in [0.25, 0.3) is 16.7 Å². The third kappa shape index (κ3) is 3.08. The first-order valence-electron chi connectivity index (χ1n) is 8.58. The summed E-state index contributed by atoms with van der Waals surface area (Å²) in [6, 6.07) is 11.6. The van der Waals surface area contributed by atoms with E-state index in [0.717, 1.165) is 11.0 Å². The van der Waals surface area contributed by atoms with Crippen molar-refractivity contribution in [3.8, 4) is 0 Å². The van der Waals surface area contributed by atoms with Crippen LogP contribution in [0.5, 0.6) is 0 Å². The molecule has 7 heteroatoms. The summed E-state index contributed by atoms with van der Waals surface area (Å²) in [5, 5.41) is 11.5. The fraction of sp³-hybridized carbons (Fsp3) is 0.200. The standard InChI is InChI=1S/C20H19N5O2/c1-12-4-5-14(8-13(12)2)10-21-18-19-24-22-11-25(19)17-9-15(20(26)27-3)6-7-16(17)23-18/h4-9,11H,10H2,1-3H3,(H,21,23). The first kappa shape index (κ1) is 17.0. The molecule has 0 aliphatic rings. The highest BCUT2D eigenvalue weighted by Gasteiger charge is 2.13. The second-order valence-corrected chi connectivity index (χ2v) is 6.45. The van der Waals surface area contributed by atoms with Gasteiger partial charge in [-0.15, -0.1) is 10.2 Å². The molecule has 0 spiro atoms. The maximum atomic E-state index is 11.8. The van der Waals surface area contributed by atoms with Gasteiger partial charge in [-0.25, -0.2) is 9.78 Å². The first-order valence-corrected chi connectivity index (χ1v) is 8.58. The van der Waals surface area contributed by atoms with Crippen LogP contribution in [-0.2, 0) is 11.3 Å². The summed E-state index contributed by atoms with van der Waals surface area (Å²) >= 11 is 0. The summed E-state index contributed by atoms with van der Waals surface area (Å²) in [6.45, 7) is 4.82. The van der Waals surface area contributed by atoms with Crippen LogP contribution in [0.2, 0.25) is 0 Å². The summed E-state index contributed by atoms with van der Waals surface area (Å²) in [5.41, 5.74) is 6.23. The molecule has 136 valence electrons. The third-order valence-corrected chi connectivity index (χ3v) is 4.68. The molecule has 0 radical (unpaired) electrons. The Kier molecular flexibility index (Phi) is 4.19. The number of anilines is 1. The van der Waals surface area contributed by atoms with Crippen LogP contribution >= 0.6 is 0 Å². The van der Waals surface area contributed by atoms with Crippen molar-refractivity contribution >= 4 is 28.5 Å². The number of aryl methyl sites for hydroxylation is 2. The SMILES string of the molecule is COC(=O)c1ccc2nc(NCc3ccc(C)c(C)c3)c3nncn3c2c1. The molecule has 4 rings (SSSR count). The molecule has 2 aromatic heterocycles. The molecular formula is C20H19N5O2. The van der Waals surface area contributed by atoms with Gasteiger partial charge in [-0.2, -0.15) is 0 Å². The number of ether oxygens (including phenoxy) is 1. The summed E-state index contributed by atoms with van der Waals surface area (Å²) in [7, 11) is 1.36. The Hall–Kier alpha value is -3.48. The average molecular weight is 361 g/mol. The molecule has 0 fully saturated rings. The first-order chi connectivity index (χ1) is 13.1. The summed E-state index contributed by atoms with van der Waals surface area (Å²) in [6.07, 6.45) is 1.61. The van der Waals surface area contributed by atoms with Gasteiger partial charge in [0.15, 0.2) is 5.82 Å². The fourth-order valence-electron chi connectivity index (χ4n) is 3.02. The smallest absolute Gasteiger partial charge is 0.337 e. The molecule has 0 aliphatic carbocycles. The van der Waals surface area contributed by atoms with Crippen molar-refractivity contribution in [3.05, 3.63) is 65.0 Å². The number of methoxy groups -OCH3 is 1. The largest absolute Gasteiger partial charge is 0.465 e. The number of hydrogen-bond donors (Lipinski definition) is 1. The second-order valence-electron chi connectivity index (χ2n) is 6.45. The molecular weight excluding hydrogens is 342 g/mol. The van der Waals surface area contributed by atoms with Crippen molar-refractivity contribution < 1.29 is 9.53 Å². The molecule has 1 N–H and O–H groups in total. The van der Waals surface area contributed by atoms with E-state index in [1.165, 1.54) is 23.8 Å². The van der Waals surface area contributed by atoms with E-state index in [4.69, 9.17) is 4.74 Å². The van der Waals surface area contributed by atoms with E-state index in [2.05, 4.69) is 52.5 Å². The number of esters is 1. The van der Waals surface area contributed by atoms with Crippen molar-refractivity contribution in [2.24, 2.45) is 0 Å². The zero-order valence-electron chi connectivity index (χ0n) is 15.4. The van der Waals surface area contributed by atoms with Gasteiger partial charge < -0.3 is 10.1 Å². The molecule has 0 amide bonds. The van der Waals surface area contributed by atoms with Crippen LogP contribution in [-0.4, -0.2) is 32.7 Å². The molecule has 0 bridgehead atoms. The van der Waals surface area contributed by atoms with E-state index in [9.17, 15) is 4.79 Å². The lowest BCUT2D eigenvalue weighted by Crippen LogP contribution is -2.06. The minimum atomic E-state index is -0.393. The van der Waals surface area contributed by atoms with Crippen LogP contribution in [0.15, 0.2) is 42.7 Å². The number of nitrogens with one attached hydrogen (secondary N) is 1. The monoisotopic (exact) mass is 361 g/mol. The van der Waals surface area contributed by atoms with Gasteiger partial charge in [0.25, 0.3) is 0 Å². The molecule has 0 aliphatic heterocycles. The van der Waals surface area contributed by atoms with E-state index in [0.29, 0.717) is 23.6 Å². The van der Waals surface area contributed by atoms with Gasteiger partial charge in [-0.05, 0) is 48.7 Å². The van der Waals surface area contributed by atoms with Crippen LogP contribution in [0.4, 0.5) is 5.82 Å². The number of carbonyl (C=O) groups is 1. The van der Waals surface area contributed by atoms with Crippen LogP contribution in [0.3, 0.4) is 0 Å². The molecule has 2 heterocycles. The van der Waals surface area contributed by atoms with E-state index in [-0.39, 0.29) is 0 Å². The Bertz CT molecular complexity index is 1170. The number of rotatable bonds is 4. The molecule has 0 unspecified atom stereocenters. The Morgan fingerprint density at radius 3 is 2.78 bits per heavy atom. The lowest BCUT2D eigenvalue weighted by molar-refractivity contribution is 0.0601. The molecule has 0 saturated carbocycles. The number of nitrogens with zero attached hydrogens (tertiary/aromatic N) is 4. The molecule has 2 aromatic carbocycles. The lowest BCUT2D eigenvalue weighted by Gasteiger charge is -2.11. The Balaban J connectivity index is 1.73. The van der Waals surface area contributed by atoms with E-state index >= 15 is 0 Å². The van der Waals surface area contributed by atoms with Crippen molar-refractivity contribution in [3.63, 3.8) is 0 Å². The highest BCUT2D eigenvalue weighted by Crippen LogP contribution is 2.22. The van der Waals surface area contributed by atoms with Gasteiger partial charge in [0.2, 0.25) is 5.65 Å². The number of fused-ring (bicyclic) bond motifs is 3. The van der Waals surface area contributed by atoms with Gasteiger partial charge in [-0.3, -0.25) is 4.40 Å². The minimum Gasteiger partial charge on any atom is -0.465 e. The maximum absolute atomic E-state index is 11.8. The Morgan fingerprint density at radius 1 is 1.15 bits per heavy atom. The highest BCUT2D eigenvalue weighted by molar-refractivity contribution is 5.94. The van der Waals surface area contributed by atoms with Crippen LogP contribution in [0, 0.1) is 13.8 Å². The number of benzene rings is 2. The van der Waals surface area contributed by atoms with Crippen LogP contribution < -0.4 is 5.32 Å². The zero-order valence-corrected chi connectivity index (χ0v) is 15.4.